The third-order valence-electron chi connectivity index (χ3n) is 3.78. The van der Waals surface area contributed by atoms with Crippen molar-refractivity contribution in [1.29, 1.82) is 0 Å². The lowest BCUT2D eigenvalue weighted by molar-refractivity contribution is 0.783. The maximum Gasteiger partial charge on any atom is 0.191 e. The Morgan fingerprint density at radius 2 is 2.16 bits per heavy atom. The second-order valence-corrected chi connectivity index (χ2v) is 6.62. The van der Waals surface area contributed by atoms with Crippen LogP contribution in [0.15, 0.2) is 53.4 Å². The summed E-state index contributed by atoms with van der Waals surface area (Å²) < 4.78 is 2.01. The minimum absolute atomic E-state index is 0.684. The molecule has 0 spiro atoms. The van der Waals surface area contributed by atoms with Gasteiger partial charge >= 0.3 is 0 Å². The fourth-order valence-electron chi connectivity index (χ4n) is 2.55. The summed E-state index contributed by atoms with van der Waals surface area (Å²) in [5.74, 6) is 0.785. The molecule has 0 aliphatic rings. The van der Waals surface area contributed by atoms with Crippen molar-refractivity contribution in [3.8, 4) is 5.69 Å². The number of nitrogens with one attached hydrogen (secondary N) is 2. The number of thiazole rings is 1. The van der Waals surface area contributed by atoms with Crippen LogP contribution in [0.1, 0.15) is 16.3 Å². The van der Waals surface area contributed by atoms with Gasteiger partial charge in [0.05, 0.1) is 22.7 Å². The van der Waals surface area contributed by atoms with E-state index < -0.39 is 0 Å². The first kappa shape index (κ1) is 17.2. The van der Waals surface area contributed by atoms with Gasteiger partial charge in [-0.2, -0.15) is 0 Å². The molecule has 0 unspecified atom stereocenters. The molecule has 6 nitrogen and oxygen atoms in total. The van der Waals surface area contributed by atoms with Gasteiger partial charge in [0.1, 0.15) is 0 Å². The lowest BCUT2D eigenvalue weighted by Gasteiger charge is -2.14. The van der Waals surface area contributed by atoms with Crippen molar-refractivity contribution in [2.24, 2.45) is 4.99 Å². The minimum atomic E-state index is 0.684. The molecule has 2 N–H and O–H groups in total. The molecule has 0 aliphatic heterocycles. The van der Waals surface area contributed by atoms with E-state index in [2.05, 4.69) is 43.1 Å². The average molecular weight is 354 g/mol. The topological polar surface area (TPSA) is 67.1 Å². The van der Waals surface area contributed by atoms with Crippen molar-refractivity contribution in [2.75, 3.05) is 13.6 Å². The van der Waals surface area contributed by atoms with Gasteiger partial charge in [0.15, 0.2) is 5.96 Å². The Hall–Kier alpha value is -2.67. The summed E-state index contributed by atoms with van der Waals surface area (Å²) in [7, 11) is 1.78. The molecular formula is C18H22N6S. The van der Waals surface area contributed by atoms with Crippen LogP contribution in [0.5, 0.6) is 0 Å². The first-order chi connectivity index (χ1) is 12.3. The van der Waals surface area contributed by atoms with Crippen LogP contribution in [0.25, 0.3) is 5.69 Å². The number of rotatable bonds is 6. The highest BCUT2D eigenvalue weighted by molar-refractivity contribution is 7.09. The summed E-state index contributed by atoms with van der Waals surface area (Å²) in [6, 6.07) is 8.26. The predicted molar refractivity (Wildman–Crippen MR) is 102 cm³/mol. The van der Waals surface area contributed by atoms with Crippen LogP contribution in [-0.2, 0) is 13.0 Å². The standard InChI is InChI=1S/C18H22N6S/c1-14-23-16(12-25-14)7-8-21-18(19-2)22-11-15-5-3-4-6-17(15)24-10-9-20-13-24/h3-6,9-10,12-13H,7-8,11H2,1-2H3,(H2,19,21,22). The third-order valence-corrected chi connectivity index (χ3v) is 4.61. The highest BCUT2D eigenvalue weighted by Crippen LogP contribution is 2.13. The van der Waals surface area contributed by atoms with Crippen LogP contribution in [0.2, 0.25) is 0 Å². The van der Waals surface area contributed by atoms with Gasteiger partial charge in [-0.25, -0.2) is 9.97 Å². The van der Waals surface area contributed by atoms with E-state index in [0.717, 1.165) is 35.3 Å². The van der Waals surface area contributed by atoms with Gasteiger partial charge in [0, 0.05) is 44.3 Å². The van der Waals surface area contributed by atoms with Gasteiger partial charge in [0.25, 0.3) is 0 Å². The van der Waals surface area contributed by atoms with Gasteiger partial charge < -0.3 is 15.2 Å². The second-order valence-electron chi connectivity index (χ2n) is 5.56. The molecule has 0 saturated heterocycles. The Labute approximate surface area is 151 Å². The van der Waals surface area contributed by atoms with Gasteiger partial charge in [-0.1, -0.05) is 18.2 Å². The molecule has 7 heteroatoms. The van der Waals surface area contributed by atoms with Crippen LogP contribution < -0.4 is 10.6 Å². The molecule has 0 fully saturated rings. The number of para-hydroxylation sites is 1. The summed E-state index contributed by atoms with van der Waals surface area (Å²) in [5, 5.41) is 9.91. The highest BCUT2D eigenvalue weighted by Gasteiger charge is 2.05. The fourth-order valence-corrected chi connectivity index (χ4v) is 3.19. The van der Waals surface area contributed by atoms with Crippen molar-refractivity contribution in [2.45, 2.75) is 19.9 Å². The molecule has 130 valence electrons. The summed E-state index contributed by atoms with van der Waals surface area (Å²) >= 11 is 1.68. The molecule has 0 amide bonds. The molecule has 3 rings (SSSR count). The van der Waals surface area contributed by atoms with Crippen LogP contribution in [-0.4, -0.2) is 34.1 Å². The van der Waals surface area contributed by atoms with E-state index in [-0.39, 0.29) is 0 Å². The number of nitrogens with zero attached hydrogens (tertiary/aromatic N) is 4. The number of imidazole rings is 1. The number of aryl methyl sites for hydroxylation is 1. The Kier molecular flexibility index (Phi) is 5.79. The normalized spacial score (nSPS) is 11.5. The first-order valence-corrected chi connectivity index (χ1v) is 9.06. The van der Waals surface area contributed by atoms with Gasteiger partial charge in [-0.05, 0) is 18.6 Å². The quantitative estimate of drug-likeness (QED) is 0.527. The van der Waals surface area contributed by atoms with E-state index in [9.17, 15) is 0 Å². The van der Waals surface area contributed by atoms with Crippen LogP contribution >= 0.6 is 11.3 Å². The lowest BCUT2D eigenvalue weighted by Crippen LogP contribution is -2.38. The molecule has 3 aromatic rings. The Morgan fingerprint density at radius 3 is 2.88 bits per heavy atom. The molecule has 1 aromatic carbocycles. The average Bonchev–Trinajstić information content (AvgIpc) is 3.30. The number of aromatic nitrogens is 3. The maximum atomic E-state index is 4.48. The summed E-state index contributed by atoms with van der Waals surface area (Å²) in [6.45, 7) is 3.51. The molecule has 2 aromatic heterocycles. The monoisotopic (exact) mass is 354 g/mol. The SMILES string of the molecule is CN=C(NCCc1csc(C)n1)NCc1ccccc1-n1ccnc1. The predicted octanol–water partition coefficient (Wildman–Crippen LogP) is 2.54. The van der Waals surface area contributed by atoms with Crippen molar-refractivity contribution in [1.82, 2.24) is 25.2 Å². The van der Waals surface area contributed by atoms with Crippen LogP contribution in [0, 0.1) is 6.92 Å². The van der Waals surface area contributed by atoms with Gasteiger partial charge in [-0.3, -0.25) is 4.99 Å². The summed E-state index contributed by atoms with van der Waals surface area (Å²) in [4.78, 5) is 12.9. The largest absolute Gasteiger partial charge is 0.356 e. The number of hydrogen-bond donors (Lipinski definition) is 2. The van der Waals surface area contributed by atoms with E-state index in [4.69, 9.17) is 0 Å². The third kappa shape index (κ3) is 4.67. The van der Waals surface area contributed by atoms with Crippen molar-refractivity contribution in [3.63, 3.8) is 0 Å². The molecule has 0 radical (unpaired) electrons. The van der Waals surface area contributed by atoms with E-state index in [1.807, 2.05) is 36.1 Å². The number of guanidine groups is 1. The van der Waals surface area contributed by atoms with Crippen molar-refractivity contribution in [3.05, 3.63) is 64.6 Å². The fraction of sp³-hybridized carbons (Fsp3) is 0.278. The van der Waals surface area contributed by atoms with E-state index in [0.29, 0.717) is 6.54 Å². The maximum absolute atomic E-state index is 4.48. The number of hydrogen-bond acceptors (Lipinski definition) is 4. The van der Waals surface area contributed by atoms with Gasteiger partial charge in [-0.15, -0.1) is 11.3 Å². The van der Waals surface area contributed by atoms with Gasteiger partial charge in [0.2, 0.25) is 0 Å². The van der Waals surface area contributed by atoms with Crippen LogP contribution in [0.4, 0.5) is 0 Å². The smallest absolute Gasteiger partial charge is 0.191 e. The lowest BCUT2D eigenvalue weighted by atomic mass is 10.1. The molecule has 0 aliphatic carbocycles. The van der Waals surface area contributed by atoms with Crippen molar-refractivity contribution < 1.29 is 0 Å². The number of benzene rings is 1. The molecule has 2 heterocycles. The molecule has 0 bridgehead atoms. The zero-order valence-electron chi connectivity index (χ0n) is 14.4. The summed E-state index contributed by atoms with van der Waals surface area (Å²) in [6.07, 6.45) is 6.42. The summed E-state index contributed by atoms with van der Waals surface area (Å²) in [5.41, 5.74) is 3.41. The Balaban J connectivity index is 1.55. The zero-order valence-corrected chi connectivity index (χ0v) is 15.3. The van der Waals surface area contributed by atoms with Crippen LogP contribution in [0.3, 0.4) is 0 Å². The second kappa shape index (κ2) is 8.43. The molecule has 25 heavy (non-hydrogen) atoms. The first-order valence-electron chi connectivity index (χ1n) is 8.18. The van der Waals surface area contributed by atoms with Crippen molar-refractivity contribution >= 4 is 17.3 Å². The molecular weight excluding hydrogens is 332 g/mol. The zero-order chi connectivity index (χ0) is 17.5. The number of aliphatic imine (C=N–C) groups is 1. The molecule has 0 atom stereocenters. The Bertz CT molecular complexity index is 822. The minimum Gasteiger partial charge on any atom is -0.356 e. The van der Waals surface area contributed by atoms with E-state index >= 15 is 0 Å². The van der Waals surface area contributed by atoms with E-state index in [1.165, 1.54) is 5.56 Å². The highest BCUT2D eigenvalue weighted by atomic mass is 32.1. The Morgan fingerprint density at radius 1 is 1.28 bits per heavy atom. The molecule has 0 saturated carbocycles. The van der Waals surface area contributed by atoms with E-state index in [1.54, 1.807) is 24.6 Å².